The summed E-state index contributed by atoms with van der Waals surface area (Å²) in [5.74, 6) is -0.905. The molecule has 2 aromatic carbocycles. The van der Waals surface area contributed by atoms with Crippen LogP contribution in [0.15, 0.2) is 48.5 Å². The van der Waals surface area contributed by atoms with Crippen molar-refractivity contribution < 1.29 is 14.0 Å². The minimum Gasteiger partial charge on any atom is -0.353 e. The maximum absolute atomic E-state index is 13.8. The summed E-state index contributed by atoms with van der Waals surface area (Å²) in [6.07, 6.45) is 0.437. The van der Waals surface area contributed by atoms with E-state index in [4.69, 9.17) is 0 Å². The van der Waals surface area contributed by atoms with E-state index < -0.39 is 11.9 Å². The molecule has 0 aliphatic carbocycles. The third kappa shape index (κ3) is 3.30. The van der Waals surface area contributed by atoms with Crippen molar-refractivity contribution in [2.45, 2.75) is 19.4 Å². The summed E-state index contributed by atoms with van der Waals surface area (Å²) in [7, 11) is 0. The highest BCUT2D eigenvalue weighted by Crippen LogP contribution is 2.17. The van der Waals surface area contributed by atoms with Crippen LogP contribution in [0.5, 0.6) is 0 Å². The number of halogens is 1. The molecule has 0 aromatic heterocycles. The molecule has 124 valence electrons. The van der Waals surface area contributed by atoms with Crippen LogP contribution in [0, 0.1) is 12.7 Å². The van der Waals surface area contributed by atoms with E-state index in [2.05, 4.69) is 5.32 Å². The highest BCUT2D eigenvalue weighted by molar-refractivity contribution is 5.98. The molecule has 1 N–H and O–H groups in total. The molecule has 1 aliphatic rings. The van der Waals surface area contributed by atoms with Crippen LogP contribution in [0.2, 0.25) is 0 Å². The number of carbonyl (C=O) groups is 2. The molecule has 0 bridgehead atoms. The second-order valence-electron chi connectivity index (χ2n) is 5.96. The zero-order valence-corrected chi connectivity index (χ0v) is 13.5. The molecular weight excluding hydrogens is 307 g/mol. The Bertz CT molecular complexity index is 761. The third-order valence-corrected chi connectivity index (χ3v) is 4.28. The van der Waals surface area contributed by atoms with Crippen LogP contribution in [0.3, 0.4) is 0 Å². The Morgan fingerprint density at radius 1 is 1.25 bits per heavy atom. The van der Waals surface area contributed by atoms with Gasteiger partial charge in [0.05, 0.1) is 0 Å². The van der Waals surface area contributed by atoms with Crippen molar-refractivity contribution in [3.63, 3.8) is 0 Å². The Morgan fingerprint density at radius 2 is 2.00 bits per heavy atom. The average molecular weight is 326 g/mol. The van der Waals surface area contributed by atoms with Crippen LogP contribution in [-0.2, 0) is 11.2 Å². The van der Waals surface area contributed by atoms with Gasteiger partial charge in [0.15, 0.2) is 0 Å². The lowest BCUT2D eigenvalue weighted by atomic mass is 10.0. The number of piperazine rings is 1. The molecule has 1 atom stereocenters. The van der Waals surface area contributed by atoms with Crippen LogP contribution < -0.4 is 5.32 Å². The van der Waals surface area contributed by atoms with Gasteiger partial charge in [-0.3, -0.25) is 9.59 Å². The van der Waals surface area contributed by atoms with Gasteiger partial charge in [-0.1, -0.05) is 36.4 Å². The minimum atomic E-state index is -0.585. The molecule has 3 rings (SSSR count). The van der Waals surface area contributed by atoms with Gasteiger partial charge in [-0.05, 0) is 30.2 Å². The highest BCUT2D eigenvalue weighted by Gasteiger charge is 2.33. The first-order chi connectivity index (χ1) is 11.6. The first-order valence-corrected chi connectivity index (χ1v) is 7.95. The Balaban J connectivity index is 1.86. The van der Waals surface area contributed by atoms with E-state index >= 15 is 0 Å². The third-order valence-electron chi connectivity index (χ3n) is 4.28. The Labute approximate surface area is 140 Å². The first-order valence-electron chi connectivity index (χ1n) is 7.95. The van der Waals surface area contributed by atoms with Crippen molar-refractivity contribution in [1.29, 1.82) is 0 Å². The number of hydrogen-bond acceptors (Lipinski definition) is 2. The summed E-state index contributed by atoms with van der Waals surface area (Å²) >= 11 is 0. The fourth-order valence-electron chi connectivity index (χ4n) is 2.89. The van der Waals surface area contributed by atoms with E-state index in [-0.39, 0.29) is 17.4 Å². The van der Waals surface area contributed by atoms with E-state index in [0.29, 0.717) is 25.1 Å². The van der Waals surface area contributed by atoms with Crippen molar-refractivity contribution in [3.05, 3.63) is 71.0 Å². The molecule has 2 aromatic rings. The average Bonchev–Trinajstić information content (AvgIpc) is 2.59. The Morgan fingerprint density at radius 3 is 2.71 bits per heavy atom. The maximum Gasteiger partial charge on any atom is 0.254 e. The van der Waals surface area contributed by atoms with Crippen LogP contribution in [0.25, 0.3) is 0 Å². The Hall–Kier alpha value is -2.69. The number of hydrogen-bond donors (Lipinski definition) is 1. The van der Waals surface area contributed by atoms with Gasteiger partial charge in [0, 0.05) is 25.1 Å². The van der Waals surface area contributed by atoms with Gasteiger partial charge in [-0.2, -0.15) is 0 Å². The van der Waals surface area contributed by atoms with Gasteiger partial charge in [0.1, 0.15) is 11.9 Å². The lowest BCUT2D eigenvalue weighted by Gasteiger charge is -2.35. The van der Waals surface area contributed by atoms with Crippen LogP contribution in [0.4, 0.5) is 4.39 Å². The second-order valence-corrected chi connectivity index (χ2v) is 5.96. The van der Waals surface area contributed by atoms with Crippen molar-refractivity contribution >= 4 is 11.8 Å². The number of aryl methyl sites for hydroxylation is 1. The zero-order chi connectivity index (χ0) is 17.1. The highest BCUT2D eigenvalue weighted by atomic mass is 19.1. The predicted molar refractivity (Wildman–Crippen MR) is 89.1 cm³/mol. The van der Waals surface area contributed by atoms with E-state index in [9.17, 15) is 14.0 Å². The van der Waals surface area contributed by atoms with E-state index in [1.54, 1.807) is 19.1 Å². The largest absolute Gasteiger partial charge is 0.353 e. The van der Waals surface area contributed by atoms with Crippen molar-refractivity contribution in [1.82, 2.24) is 10.2 Å². The molecule has 1 aliphatic heterocycles. The van der Waals surface area contributed by atoms with Crippen LogP contribution >= 0.6 is 0 Å². The second kappa shape index (κ2) is 6.83. The zero-order valence-electron chi connectivity index (χ0n) is 13.5. The van der Waals surface area contributed by atoms with Gasteiger partial charge >= 0.3 is 0 Å². The van der Waals surface area contributed by atoms with E-state index in [0.717, 1.165) is 5.56 Å². The van der Waals surface area contributed by atoms with Crippen LogP contribution in [0.1, 0.15) is 21.5 Å². The number of amides is 2. The summed E-state index contributed by atoms with van der Waals surface area (Å²) in [5, 5.41) is 2.80. The Kier molecular flexibility index (Phi) is 4.60. The topological polar surface area (TPSA) is 49.4 Å². The molecule has 0 spiro atoms. The molecular formula is C19H19FN2O2. The van der Waals surface area contributed by atoms with Crippen LogP contribution in [-0.4, -0.2) is 35.8 Å². The van der Waals surface area contributed by atoms with Crippen molar-refractivity contribution in [3.8, 4) is 0 Å². The summed E-state index contributed by atoms with van der Waals surface area (Å²) in [5.41, 5.74) is 1.74. The number of nitrogens with zero attached hydrogens (tertiary/aromatic N) is 1. The monoisotopic (exact) mass is 326 g/mol. The van der Waals surface area contributed by atoms with Gasteiger partial charge < -0.3 is 10.2 Å². The predicted octanol–water partition coefficient (Wildman–Crippen LogP) is 2.32. The summed E-state index contributed by atoms with van der Waals surface area (Å²) < 4.78 is 13.8. The summed E-state index contributed by atoms with van der Waals surface area (Å²) in [6, 6.07) is 13.4. The summed E-state index contributed by atoms with van der Waals surface area (Å²) in [4.78, 5) is 26.6. The molecule has 0 radical (unpaired) electrons. The standard InChI is InChI=1S/C19H19FN2O2/c1-13-7-8-15(12-16(13)20)19(24)22-10-9-21-18(23)17(22)11-14-5-3-2-4-6-14/h2-8,12,17H,9-11H2,1H3,(H,21,23). The quantitative estimate of drug-likeness (QED) is 0.941. The van der Waals surface area contributed by atoms with Gasteiger partial charge in [-0.15, -0.1) is 0 Å². The SMILES string of the molecule is Cc1ccc(C(=O)N2CCNC(=O)C2Cc2ccccc2)cc1F. The molecule has 1 saturated heterocycles. The van der Waals surface area contributed by atoms with E-state index in [1.807, 2.05) is 30.3 Å². The molecule has 1 fully saturated rings. The number of carbonyl (C=O) groups excluding carboxylic acids is 2. The minimum absolute atomic E-state index is 0.175. The fraction of sp³-hybridized carbons (Fsp3) is 0.263. The van der Waals surface area contributed by atoms with Gasteiger partial charge in [0.25, 0.3) is 5.91 Å². The number of nitrogens with one attached hydrogen (secondary N) is 1. The molecule has 2 amide bonds. The fourth-order valence-corrected chi connectivity index (χ4v) is 2.89. The summed E-state index contributed by atoms with van der Waals surface area (Å²) in [6.45, 7) is 2.47. The lowest BCUT2D eigenvalue weighted by molar-refractivity contribution is -0.127. The molecule has 24 heavy (non-hydrogen) atoms. The maximum atomic E-state index is 13.8. The number of rotatable bonds is 3. The molecule has 1 heterocycles. The molecule has 0 saturated carbocycles. The number of benzene rings is 2. The van der Waals surface area contributed by atoms with Gasteiger partial charge in [-0.25, -0.2) is 4.39 Å². The van der Waals surface area contributed by atoms with E-state index in [1.165, 1.54) is 11.0 Å². The molecule has 5 heteroatoms. The molecule has 1 unspecified atom stereocenters. The van der Waals surface area contributed by atoms with Crippen molar-refractivity contribution in [2.24, 2.45) is 0 Å². The normalized spacial score (nSPS) is 17.5. The van der Waals surface area contributed by atoms with Gasteiger partial charge in [0.2, 0.25) is 5.91 Å². The first kappa shape index (κ1) is 16.2. The molecule has 4 nitrogen and oxygen atoms in total. The van der Waals surface area contributed by atoms with Crippen molar-refractivity contribution in [2.75, 3.05) is 13.1 Å². The smallest absolute Gasteiger partial charge is 0.254 e. The lowest BCUT2D eigenvalue weighted by Crippen LogP contribution is -2.58.